The molecule has 0 atom stereocenters. The van der Waals surface area contributed by atoms with Crippen LogP contribution in [0.4, 0.5) is 0 Å². The molecule has 0 unspecified atom stereocenters. The Morgan fingerprint density at radius 3 is 2.20 bits per heavy atom. The van der Waals surface area contributed by atoms with Crippen LogP contribution in [0.2, 0.25) is 0 Å². The van der Waals surface area contributed by atoms with Gasteiger partial charge in [-0.05, 0) is 37.8 Å². The molecule has 1 rings (SSSR count). The van der Waals surface area contributed by atoms with Crippen LogP contribution in [0.1, 0.15) is 26.7 Å². The predicted octanol–water partition coefficient (Wildman–Crippen LogP) is 1.44. The van der Waals surface area contributed by atoms with Gasteiger partial charge in [0.2, 0.25) is 0 Å². The average Bonchev–Trinajstić information content (AvgIpc) is 1.88. The second-order valence-corrected chi connectivity index (χ2v) is 4.35. The summed E-state index contributed by atoms with van der Waals surface area (Å²) in [7, 11) is 0. The fourth-order valence-corrected chi connectivity index (χ4v) is 1.88. The Morgan fingerprint density at radius 2 is 1.80 bits per heavy atom. The first-order valence-corrected chi connectivity index (χ1v) is 4.71. The van der Waals surface area contributed by atoms with E-state index < -0.39 is 0 Å². The highest BCUT2D eigenvalue weighted by Gasteiger charge is 2.17. The largest absolute Gasteiger partial charge is 0.402 e. The third kappa shape index (κ3) is 2.27. The smallest absolute Gasteiger partial charge is 0.255 e. The quantitative estimate of drug-likeness (QED) is 0.515. The molecule has 0 aromatic carbocycles. The lowest BCUT2D eigenvalue weighted by molar-refractivity contribution is 0.231. The minimum absolute atomic E-state index is 0.888. The summed E-state index contributed by atoms with van der Waals surface area (Å²) in [6.07, 6.45) is 2.78. The van der Waals surface area contributed by atoms with Crippen LogP contribution in [-0.4, -0.2) is 33.5 Å². The topological polar surface area (TPSA) is 3.24 Å². The van der Waals surface area contributed by atoms with Gasteiger partial charge in [-0.25, -0.2) is 0 Å². The first-order valence-electron chi connectivity index (χ1n) is 4.20. The van der Waals surface area contributed by atoms with E-state index in [1.54, 1.807) is 0 Å². The van der Waals surface area contributed by atoms with E-state index in [1.165, 1.54) is 25.9 Å². The molecule has 1 nitrogen and oxygen atoms in total. The Kier molecular flexibility index (Phi) is 3.23. The molecule has 56 valence electrons. The molecule has 2 radical (unpaired) electrons. The van der Waals surface area contributed by atoms with Crippen LogP contribution >= 0.6 is 0 Å². The summed E-state index contributed by atoms with van der Waals surface area (Å²) in [6.45, 7) is 7.22. The molecule has 1 saturated heterocycles. The van der Waals surface area contributed by atoms with E-state index in [2.05, 4.69) is 34.2 Å². The van der Waals surface area contributed by atoms with Gasteiger partial charge in [0.15, 0.2) is 0 Å². The molecule has 0 spiro atoms. The Bertz CT molecular complexity index is 95.4. The molecule has 0 aromatic rings. The van der Waals surface area contributed by atoms with Gasteiger partial charge in [0.25, 0.3) is 16.5 Å². The monoisotopic (exact) mass is 153 g/mol. The van der Waals surface area contributed by atoms with E-state index in [0.717, 1.165) is 11.8 Å². The van der Waals surface area contributed by atoms with E-state index in [-0.39, 0.29) is 0 Å². The predicted molar refractivity (Wildman–Crippen MR) is 44.9 cm³/mol. The molecule has 0 aromatic heterocycles. The SMILES string of the molecule is CC(C)C1CC[N]([Al])CC1. The fraction of sp³-hybridized carbons (Fsp3) is 1.00. The van der Waals surface area contributed by atoms with Crippen molar-refractivity contribution in [2.75, 3.05) is 13.1 Å². The zero-order chi connectivity index (χ0) is 7.56. The minimum atomic E-state index is 0.888. The molecule has 2 heteroatoms. The van der Waals surface area contributed by atoms with E-state index in [0.29, 0.717) is 0 Å². The molecule has 0 saturated carbocycles. The normalized spacial score (nSPS) is 23.9. The zero-order valence-electron chi connectivity index (χ0n) is 7.01. The first-order chi connectivity index (χ1) is 4.70. The second kappa shape index (κ2) is 3.76. The molecule has 1 aliphatic heterocycles. The molecule has 1 fully saturated rings. The van der Waals surface area contributed by atoms with E-state index >= 15 is 0 Å². The highest BCUT2D eigenvalue weighted by molar-refractivity contribution is 6.04. The van der Waals surface area contributed by atoms with Gasteiger partial charge in [-0.15, -0.1) is 0 Å². The molecule has 0 bridgehead atoms. The van der Waals surface area contributed by atoms with Gasteiger partial charge in [0.05, 0.1) is 0 Å². The van der Waals surface area contributed by atoms with Crippen LogP contribution in [-0.2, 0) is 0 Å². The number of hydrogen-bond donors (Lipinski definition) is 0. The standard InChI is InChI=1S/C8H16N.Al/c1-7(2)8-3-5-9-6-4-8;/h7-8H,3-6H2,1-2H3;/q-1;+1. The lowest BCUT2D eigenvalue weighted by Gasteiger charge is -2.32. The number of nitrogens with zero attached hydrogens (tertiary/aromatic N) is 1. The molecular weight excluding hydrogens is 137 g/mol. The molecule has 1 aliphatic rings. The summed E-state index contributed by atoms with van der Waals surface area (Å²) in [5.41, 5.74) is 0. The Morgan fingerprint density at radius 1 is 1.30 bits per heavy atom. The number of piperidine rings is 1. The Hall–Kier alpha value is 0.492. The van der Waals surface area contributed by atoms with Crippen molar-refractivity contribution in [2.24, 2.45) is 11.8 Å². The van der Waals surface area contributed by atoms with Crippen molar-refractivity contribution in [2.45, 2.75) is 26.7 Å². The summed E-state index contributed by atoms with van der Waals surface area (Å²) in [5.74, 6) is 1.87. The molecule has 0 amide bonds. The van der Waals surface area contributed by atoms with Crippen LogP contribution < -0.4 is 0 Å². The lowest BCUT2D eigenvalue weighted by atomic mass is 9.87. The minimum Gasteiger partial charge on any atom is -0.402 e. The number of rotatable bonds is 1. The van der Waals surface area contributed by atoms with Crippen LogP contribution in [0.25, 0.3) is 0 Å². The maximum atomic E-state index is 2.79. The molecule has 0 aliphatic carbocycles. The Labute approximate surface area is 72.4 Å². The van der Waals surface area contributed by atoms with Gasteiger partial charge in [0, 0.05) is 0 Å². The maximum Gasteiger partial charge on any atom is 0.255 e. The first kappa shape index (κ1) is 8.59. The van der Waals surface area contributed by atoms with Gasteiger partial charge >= 0.3 is 0 Å². The molecule has 0 N–H and O–H groups in total. The van der Waals surface area contributed by atoms with Gasteiger partial charge < -0.3 is 3.88 Å². The van der Waals surface area contributed by atoms with Crippen LogP contribution in [0, 0.1) is 11.8 Å². The highest BCUT2D eigenvalue weighted by Crippen LogP contribution is 2.22. The van der Waals surface area contributed by atoms with E-state index in [1.807, 2.05) is 0 Å². The van der Waals surface area contributed by atoms with Crippen molar-refractivity contribution < 1.29 is 0 Å². The summed E-state index contributed by atoms with van der Waals surface area (Å²) < 4.78 is 2.35. The van der Waals surface area contributed by atoms with Crippen molar-refractivity contribution >= 4 is 16.5 Å². The van der Waals surface area contributed by atoms with E-state index in [4.69, 9.17) is 0 Å². The Balaban J connectivity index is 2.26. The average molecular weight is 153 g/mol. The van der Waals surface area contributed by atoms with Crippen molar-refractivity contribution in [3.63, 3.8) is 0 Å². The summed E-state index contributed by atoms with van der Waals surface area (Å²) in [4.78, 5) is 0. The summed E-state index contributed by atoms with van der Waals surface area (Å²) in [6, 6.07) is 0. The molecule has 1 heterocycles. The fourth-order valence-electron chi connectivity index (χ4n) is 1.59. The highest BCUT2D eigenvalue weighted by atomic mass is 27.1. The van der Waals surface area contributed by atoms with Crippen molar-refractivity contribution in [1.82, 2.24) is 3.88 Å². The van der Waals surface area contributed by atoms with E-state index in [9.17, 15) is 0 Å². The van der Waals surface area contributed by atoms with Crippen molar-refractivity contribution in [3.05, 3.63) is 0 Å². The third-order valence-electron chi connectivity index (χ3n) is 2.52. The van der Waals surface area contributed by atoms with Crippen LogP contribution in [0.5, 0.6) is 0 Å². The summed E-state index contributed by atoms with van der Waals surface area (Å²) in [5, 5.41) is 0. The van der Waals surface area contributed by atoms with Gasteiger partial charge in [-0.1, -0.05) is 13.8 Å². The summed E-state index contributed by atoms with van der Waals surface area (Å²) >= 11 is 2.79. The van der Waals surface area contributed by atoms with Gasteiger partial charge in [0.1, 0.15) is 0 Å². The van der Waals surface area contributed by atoms with Crippen molar-refractivity contribution in [1.29, 1.82) is 0 Å². The number of hydrogen-bond acceptors (Lipinski definition) is 1. The molecule has 10 heavy (non-hydrogen) atoms. The van der Waals surface area contributed by atoms with Crippen LogP contribution in [0.3, 0.4) is 0 Å². The molecular formula is C8H16AlN. The second-order valence-electron chi connectivity index (χ2n) is 3.62. The maximum absolute atomic E-state index is 2.79. The van der Waals surface area contributed by atoms with Crippen LogP contribution in [0.15, 0.2) is 0 Å². The van der Waals surface area contributed by atoms with Gasteiger partial charge in [-0.3, -0.25) is 0 Å². The van der Waals surface area contributed by atoms with Crippen molar-refractivity contribution in [3.8, 4) is 0 Å². The third-order valence-corrected chi connectivity index (χ3v) is 3.03. The lowest BCUT2D eigenvalue weighted by Crippen LogP contribution is -2.33. The zero-order valence-corrected chi connectivity index (χ0v) is 8.16. The van der Waals surface area contributed by atoms with Gasteiger partial charge in [-0.2, -0.15) is 0 Å².